The first kappa shape index (κ1) is 24.9. The van der Waals surface area contributed by atoms with E-state index in [1.54, 1.807) is 31.2 Å². The third-order valence-electron chi connectivity index (χ3n) is 4.15. The number of carbonyl (C=O) groups excluding carboxylic acids is 2. The van der Waals surface area contributed by atoms with E-state index < -0.39 is 35.0 Å². The zero-order valence-electron chi connectivity index (χ0n) is 16.7. The van der Waals surface area contributed by atoms with Crippen molar-refractivity contribution < 1.29 is 32.2 Å². The molecule has 2 aromatic carbocycles. The van der Waals surface area contributed by atoms with Crippen molar-refractivity contribution in [2.45, 2.75) is 25.1 Å². The Labute approximate surface area is 187 Å². The van der Waals surface area contributed by atoms with Gasteiger partial charge in [0.1, 0.15) is 11.8 Å². The summed E-state index contributed by atoms with van der Waals surface area (Å²) in [5, 5.41) is 2.49. The third kappa shape index (κ3) is 7.66. The highest BCUT2D eigenvalue weighted by Crippen LogP contribution is 2.33. The number of nitrogens with one attached hydrogen (secondary N) is 1. The summed E-state index contributed by atoms with van der Waals surface area (Å²) in [6.07, 6.45) is -4.53. The van der Waals surface area contributed by atoms with Gasteiger partial charge >= 0.3 is 12.1 Å². The number of anilines is 1. The maximum atomic E-state index is 12.9. The predicted molar refractivity (Wildman–Crippen MR) is 115 cm³/mol. The number of rotatable bonds is 9. The monoisotopic (exact) mass is 475 g/mol. The molecule has 0 aliphatic rings. The van der Waals surface area contributed by atoms with Crippen molar-refractivity contribution in [3.05, 3.63) is 59.1 Å². The quantitative estimate of drug-likeness (QED) is 0.497. The molecule has 0 fully saturated rings. The number of methoxy groups -OCH3 is 1. The minimum Gasteiger partial charge on any atom is -0.497 e. The Morgan fingerprint density at radius 3 is 2.23 bits per heavy atom. The van der Waals surface area contributed by atoms with Crippen molar-refractivity contribution in [3.63, 3.8) is 0 Å². The van der Waals surface area contributed by atoms with Crippen molar-refractivity contribution >= 4 is 40.1 Å². The summed E-state index contributed by atoms with van der Waals surface area (Å²) >= 11 is 6.02. The lowest BCUT2D eigenvalue weighted by Gasteiger charge is -2.27. The Hall–Kier alpha value is -2.39. The van der Waals surface area contributed by atoms with Gasteiger partial charge in [0.25, 0.3) is 0 Å². The number of esters is 1. The Balaban J connectivity index is 2.43. The molecule has 0 radical (unpaired) electrons. The second kappa shape index (κ2) is 11.3. The zero-order chi connectivity index (χ0) is 23.0. The van der Waals surface area contributed by atoms with Gasteiger partial charge in [-0.3, -0.25) is 4.79 Å². The van der Waals surface area contributed by atoms with Gasteiger partial charge in [-0.15, -0.1) is 0 Å². The van der Waals surface area contributed by atoms with Crippen LogP contribution in [0, 0.1) is 0 Å². The van der Waals surface area contributed by atoms with E-state index in [0.717, 1.165) is 0 Å². The van der Waals surface area contributed by atoms with Gasteiger partial charge in [-0.05, 0) is 48.9 Å². The van der Waals surface area contributed by atoms with Crippen LogP contribution >= 0.6 is 23.4 Å². The van der Waals surface area contributed by atoms with E-state index in [4.69, 9.17) is 21.1 Å². The van der Waals surface area contributed by atoms with Crippen LogP contribution in [-0.4, -0.2) is 42.8 Å². The van der Waals surface area contributed by atoms with Crippen molar-refractivity contribution in [2.24, 2.45) is 0 Å². The summed E-state index contributed by atoms with van der Waals surface area (Å²) in [6.45, 7) is 1.64. The number of alkyl halides is 3. The lowest BCUT2D eigenvalue weighted by Crippen LogP contribution is -2.40. The van der Waals surface area contributed by atoms with E-state index in [-0.39, 0.29) is 18.4 Å². The van der Waals surface area contributed by atoms with Crippen LogP contribution in [0.3, 0.4) is 0 Å². The van der Waals surface area contributed by atoms with Crippen LogP contribution in [0.4, 0.5) is 18.9 Å². The minimum absolute atomic E-state index is 0.0385. The summed E-state index contributed by atoms with van der Waals surface area (Å²) in [6, 6.07) is 11.3. The fraction of sp³-hybridized carbons (Fsp3) is 0.333. The van der Waals surface area contributed by atoms with Gasteiger partial charge in [-0.1, -0.05) is 35.5 Å². The number of hydrogen-bond donors (Lipinski definition) is 1. The molecule has 10 heteroatoms. The SMILES string of the molecule is CCOC(=O)[C@H](Nc1ccc(OC)cc1)[C@H](C(=O)SCC(F)(F)F)c1ccc(Cl)cc1. The number of ether oxygens (including phenoxy) is 2. The first-order valence-electron chi connectivity index (χ1n) is 9.20. The standard InChI is InChI=1S/C21H21ClF3NO4S/c1-3-30-19(27)18(26-15-8-10-16(29-2)11-9-15)17(13-4-6-14(22)7-5-13)20(28)31-12-21(23,24)25/h4-11,17-18,26H,3,12H2,1-2H3/t17-,18-/m1/s1. The Kier molecular flexibility index (Phi) is 9.06. The van der Waals surface area contributed by atoms with Crippen LogP contribution in [0.25, 0.3) is 0 Å². The molecule has 168 valence electrons. The third-order valence-corrected chi connectivity index (χ3v) is 5.41. The highest BCUT2D eigenvalue weighted by Gasteiger charge is 2.38. The van der Waals surface area contributed by atoms with Crippen molar-refractivity contribution in [2.75, 3.05) is 24.8 Å². The number of halogens is 4. The smallest absolute Gasteiger partial charge is 0.398 e. The van der Waals surface area contributed by atoms with Crippen LogP contribution in [0.1, 0.15) is 18.4 Å². The molecule has 0 amide bonds. The molecule has 0 aliphatic heterocycles. The van der Waals surface area contributed by atoms with E-state index in [2.05, 4.69) is 5.32 Å². The summed E-state index contributed by atoms with van der Waals surface area (Å²) in [5.74, 6) is -2.80. The Morgan fingerprint density at radius 2 is 1.71 bits per heavy atom. The second-order valence-electron chi connectivity index (χ2n) is 6.35. The zero-order valence-corrected chi connectivity index (χ0v) is 18.3. The van der Waals surface area contributed by atoms with E-state index in [9.17, 15) is 22.8 Å². The molecule has 0 saturated carbocycles. The van der Waals surface area contributed by atoms with Gasteiger partial charge in [-0.2, -0.15) is 13.2 Å². The van der Waals surface area contributed by atoms with Gasteiger partial charge in [0.05, 0.1) is 25.4 Å². The first-order chi connectivity index (χ1) is 14.6. The Morgan fingerprint density at radius 1 is 1.10 bits per heavy atom. The van der Waals surface area contributed by atoms with E-state index in [0.29, 0.717) is 22.0 Å². The number of carbonyl (C=O) groups is 2. The van der Waals surface area contributed by atoms with Gasteiger partial charge in [-0.25, -0.2) is 4.79 Å². The predicted octanol–water partition coefficient (Wildman–Crippen LogP) is 5.30. The molecule has 0 bridgehead atoms. The molecule has 0 unspecified atom stereocenters. The fourth-order valence-electron chi connectivity index (χ4n) is 2.75. The van der Waals surface area contributed by atoms with Crippen molar-refractivity contribution in [1.29, 1.82) is 0 Å². The fourth-order valence-corrected chi connectivity index (χ4v) is 3.64. The lowest BCUT2D eigenvalue weighted by atomic mass is 9.92. The topological polar surface area (TPSA) is 64.6 Å². The molecule has 0 saturated heterocycles. The van der Waals surface area contributed by atoms with E-state index >= 15 is 0 Å². The van der Waals surface area contributed by atoms with Crippen LogP contribution in [0.15, 0.2) is 48.5 Å². The van der Waals surface area contributed by atoms with E-state index in [1.165, 1.54) is 31.4 Å². The molecular weight excluding hydrogens is 455 g/mol. The average molecular weight is 476 g/mol. The highest BCUT2D eigenvalue weighted by atomic mass is 35.5. The molecule has 2 atom stereocenters. The minimum atomic E-state index is -4.53. The molecule has 31 heavy (non-hydrogen) atoms. The number of thioether (sulfide) groups is 1. The molecule has 2 aromatic rings. The molecule has 0 aliphatic carbocycles. The molecule has 2 rings (SSSR count). The largest absolute Gasteiger partial charge is 0.497 e. The number of benzene rings is 2. The van der Waals surface area contributed by atoms with Crippen molar-refractivity contribution in [1.82, 2.24) is 0 Å². The average Bonchev–Trinajstić information content (AvgIpc) is 2.73. The molecule has 1 N–H and O–H groups in total. The molecular formula is C21H21ClF3NO4S. The van der Waals surface area contributed by atoms with Gasteiger partial charge < -0.3 is 14.8 Å². The maximum absolute atomic E-state index is 12.9. The first-order valence-corrected chi connectivity index (χ1v) is 10.6. The second-order valence-corrected chi connectivity index (χ2v) is 7.77. The molecule has 5 nitrogen and oxygen atoms in total. The lowest BCUT2D eigenvalue weighted by molar-refractivity contribution is -0.145. The van der Waals surface area contributed by atoms with Crippen LogP contribution in [0.5, 0.6) is 5.75 Å². The molecule has 0 spiro atoms. The van der Waals surface area contributed by atoms with Gasteiger partial charge in [0.15, 0.2) is 5.12 Å². The maximum Gasteiger partial charge on any atom is 0.398 e. The summed E-state index contributed by atoms with van der Waals surface area (Å²) in [7, 11) is 1.50. The van der Waals surface area contributed by atoms with Crippen molar-refractivity contribution in [3.8, 4) is 5.75 Å². The van der Waals surface area contributed by atoms with Gasteiger partial charge in [0.2, 0.25) is 0 Å². The van der Waals surface area contributed by atoms with Crippen LogP contribution < -0.4 is 10.1 Å². The summed E-state index contributed by atoms with van der Waals surface area (Å²) in [5.41, 5.74) is 0.801. The van der Waals surface area contributed by atoms with Crippen LogP contribution in [-0.2, 0) is 14.3 Å². The Bertz CT molecular complexity index is 876. The number of hydrogen-bond acceptors (Lipinski definition) is 6. The normalized spacial score (nSPS) is 13.2. The summed E-state index contributed by atoms with van der Waals surface area (Å²) in [4.78, 5) is 25.6. The van der Waals surface area contributed by atoms with E-state index in [1.807, 2.05) is 0 Å². The highest BCUT2D eigenvalue weighted by molar-refractivity contribution is 8.13. The van der Waals surface area contributed by atoms with Crippen LogP contribution in [0.2, 0.25) is 5.02 Å². The summed E-state index contributed by atoms with van der Waals surface area (Å²) < 4.78 is 48.4. The molecule has 0 heterocycles. The van der Waals surface area contributed by atoms with Gasteiger partial charge in [0, 0.05) is 10.7 Å². The molecule has 0 aromatic heterocycles.